The van der Waals surface area contributed by atoms with Gasteiger partial charge in [0.25, 0.3) is 0 Å². The second kappa shape index (κ2) is 15.0. The summed E-state index contributed by atoms with van der Waals surface area (Å²) in [7, 11) is 0. The zero-order valence-electron chi connectivity index (χ0n) is 43.3. The predicted molar refractivity (Wildman–Crippen MR) is 199 cm³/mol. The molecule has 4 heteroatoms. The normalized spacial score (nSPS) is 19.6. The molecule has 1 aliphatic carbocycles. The van der Waals surface area contributed by atoms with Gasteiger partial charge in [0.1, 0.15) is 5.58 Å². The first-order valence-corrected chi connectivity index (χ1v) is 15.7. The third kappa shape index (κ3) is 7.47. The van der Waals surface area contributed by atoms with Gasteiger partial charge in [0.05, 0.1) is 5.58 Å². The number of hydrogen-bond donors (Lipinski definition) is 0. The van der Waals surface area contributed by atoms with Crippen molar-refractivity contribution in [3.05, 3.63) is 143 Å². The van der Waals surface area contributed by atoms with Gasteiger partial charge in [-0.3, -0.25) is 0 Å². The summed E-state index contributed by atoms with van der Waals surface area (Å²) >= 11 is 0. The maximum Gasteiger partial charge on any atom is 0.123 e. The van der Waals surface area contributed by atoms with Crippen LogP contribution < -0.4 is 0 Å². The van der Waals surface area contributed by atoms with E-state index in [-0.39, 0.29) is 81.8 Å². The summed E-state index contributed by atoms with van der Waals surface area (Å²) in [5, 5.41) is 1.21. The second-order valence-electron chi connectivity index (χ2n) is 11.8. The molecule has 8 rings (SSSR count). The quantitative estimate of drug-likeness (QED) is 0.162. The van der Waals surface area contributed by atoms with E-state index in [4.69, 9.17) is 27.7 Å². The predicted octanol–water partition coefficient (Wildman–Crippen LogP) is 11.9. The van der Waals surface area contributed by atoms with Gasteiger partial charge < -0.3 is 14.4 Å². The minimum atomic E-state index is -2.68. The SMILES string of the molecule is [2H]C([2H])([2H])c1c[c-]c(-c2ccc(C([2H])([2H])[2H])cn2)cc1.[2H]C([2H])([2H])c1cnc(-c2[c-]ccc3c2oc2c(C([2H])([2H])[2H])cccc23)cc1-c1ccc(C([2H])([2H])C2CCCC2)cc1C([2H])([2H])[2H].[Ir]. The van der Waals surface area contributed by atoms with Crippen LogP contribution in [-0.4, -0.2) is 9.97 Å². The van der Waals surface area contributed by atoms with Gasteiger partial charge >= 0.3 is 0 Å². The monoisotopic (exact) mass is 836 g/mol. The average molecular weight is 836 g/mol. The van der Waals surface area contributed by atoms with Gasteiger partial charge in [-0.05, 0) is 90.0 Å². The van der Waals surface area contributed by atoms with Crippen LogP contribution in [0.15, 0.2) is 102 Å². The van der Waals surface area contributed by atoms with Crippen molar-refractivity contribution in [2.45, 2.75) is 66.3 Å². The Hall–Kier alpha value is -4.37. The van der Waals surface area contributed by atoms with E-state index in [1.54, 1.807) is 42.5 Å². The first kappa shape index (κ1) is 19.1. The summed E-state index contributed by atoms with van der Waals surface area (Å²) < 4.78 is 141. The van der Waals surface area contributed by atoms with Gasteiger partial charge in [-0.15, -0.1) is 53.6 Å². The molecule has 1 aliphatic rings. The number of pyridine rings is 2. The Kier molecular flexibility index (Phi) is 5.87. The molecule has 3 nitrogen and oxygen atoms in total. The summed E-state index contributed by atoms with van der Waals surface area (Å²) in [5.41, 5.74) is 2.88. The molecule has 4 aromatic carbocycles. The standard InChI is InChI=1S/C32H30NO.C13H12N.Ir/c1-20-8-6-11-26-27-12-7-13-28(32(27)34-31(20)26)30-18-29(22(3)19-33-30)25-15-14-24(16-21(25)2)17-23-9-4-5-10-23;1-10-3-6-12(7-4-10)13-8-5-11(2)9-14-13;/h6-8,11-12,14-16,18-19,23H,4-5,9-10,17H2,1-3H3;3-6,8-9H,1-2H3;/q2*-1;/i1D3,2D3,3D3,17D2;1D3,2D3;. The Morgan fingerprint density at radius 1 is 0.735 bits per heavy atom. The molecule has 7 aromatic rings. The van der Waals surface area contributed by atoms with Crippen LogP contribution in [0.3, 0.4) is 0 Å². The zero-order chi connectivity index (χ0) is 47.5. The molecule has 3 heterocycles. The minimum Gasteiger partial charge on any atom is -0.500 e. The number of rotatable bonds is 5. The molecule has 0 aliphatic heterocycles. The Balaban J connectivity index is 0.000000288. The van der Waals surface area contributed by atoms with Crippen LogP contribution in [0.2, 0.25) is 0 Å². The summed E-state index contributed by atoms with van der Waals surface area (Å²) in [6.45, 7) is -12.1. The Bertz CT molecular complexity index is 2780. The van der Waals surface area contributed by atoms with E-state index in [9.17, 15) is 0 Å². The van der Waals surface area contributed by atoms with Crippen LogP contribution in [0.4, 0.5) is 0 Å². The van der Waals surface area contributed by atoms with E-state index >= 15 is 0 Å². The fourth-order valence-corrected chi connectivity index (χ4v) is 6.08. The van der Waals surface area contributed by atoms with E-state index in [2.05, 4.69) is 22.1 Å². The van der Waals surface area contributed by atoms with Gasteiger partial charge in [0.15, 0.2) is 0 Å². The van der Waals surface area contributed by atoms with Crippen LogP contribution in [0.5, 0.6) is 0 Å². The van der Waals surface area contributed by atoms with Crippen LogP contribution in [0.1, 0.15) is 82.4 Å². The van der Waals surface area contributed by atoms with Crippen molar-refractivity contribution in [2.75, 3.05) is 0 Å². The number of furan rings is 1. The van der Waals surface area contributed by atoms with Crippen molar-refractivity contribution < 1.29 is 47.8 Å². The number of fused-ring (bicyclic) bond motifs is 3. The fourth-order valence-electron chi connectivity index (χ4n) is 6.08. The Morgan fingerprint density at radius 3 is 2.31 bits per heavy atom. The molecule has 1 fully saturated rings. The van der Waals surface area contributed by atoms with Gasteiger partial charge in [-0.1, -0.05) is 98.1 Å². The first-order valence-electron chi connectivity index (χ1n) is 24.2. The maximum absolute atomic E-state index is 8.84. The van der Waals surface area contributed by atoms with Crippen LogP contribution in [0.25, 0.3) is 55.6 Å². The molecule has 3 aromatic heterocycles. The number of aryl methyl sites for hydroxylation is 5. The molecule has 0 atom stereocenters. The third-order valence-corrected chi connectivity index (χ3v) is 8.51. The molecule has 0 amide bonds. The molecule has 249 valence electrons. The third-order valence-electron chi connectivity index (χ3n) is 8.51. The first-order chi connectivity index (χ1) is 30.2. The van der Waals surface area contributed by atoms with Crippen molar-refractivity contribution in [1.29, 1.82) is 0 Å². The summed E-state index contributed by atoms with van der Waals surface area (Å²) in [5.74, 6) is -0.232. The maximum atomic E-state index is 8.84. The fraction of sp³-hybridized carbons (Fsp3) is 0.244. The molecule has 0 N–H and O–H groups in total. The Labute approximate surface area is 328 Å². The largest absolute Gasteiger partial charge is 0.500 e. The summed E-state index contributed by atoms with van der Waals surface area (Å²) in [6, 6.07) is 27.7. The van der Waals surface area contributed by atoms with E-state index in [1.807, 2.05) is 0 Å². The van der Waals surface area contributed by atoms with Gasteiger partial charge in [-0.2, -0.15) is 0 Å². The van der Waals surface area contributed by atoms with Crippen LogP contribution >= 0.6 is 0 Å². The van der Waals surface area contributed by atoms with Crippen molar-refractivity contribution in [3.8, 4) is 33.6 Å². The molecule has 0 unspecified atom stereocenters. The number of para-hydroxylation sites is 1. The smallest absolute Gasteiger partial charge is 0.123 e. The van der Waals surface area contributed by atoms with E-state index in [0.29, 0.717) is 46.0 Å². The van der Waals surface area contributed by atoms with E-state index in [1.165, 1.54) is 54.9 Å². The second-order valence-corrected chi connectivity index (χ2v) is 11.8. The topological polar surface area (TPSA) is 38.9 Å². The molecule has 49 heavy (non-hydrogen) atoms. The molecule has 1 saturated carbocycles. The molecular formula is C45H42IrN2O-2. The number of benzene rings is 4. The van der Waals surface area contributed by atoms with E-state index in [0.717, 1.165) is 12.8 Å². The molecule has 0 bridgehead atoms. The van der Waals surface area contributed by atoms with Crippen molar-refractivity contribution in [2.24, 2.45) is 5.92 Å². The van der Waals surface area contributed by atoms with E-state index < -0.39 is 40.6 Å². The number of hydrogen-bond acceptors (Lipinski definition) is 3. The molecule has 0 saturated heterocycles. The summed E-state index contributed by atoms with van der Waals surface area (Å²) in [4.78, 5) is 8.51. The van der Waals surface area contributed by atoms with Crippen molar-refractivity contribution >= 4 is 21.9 Å². The van der Waals surface area contributed by atoms with Gasteiger partial charge in [0.2, 0.25) is 0 Å². The Morgan fingerprint density at radius 2 is 1.55 bits per heavy atom. The average Bonchev–Trinajstić information content (AvgIpc) is 3.92. The molecular weight excluding hydrogens is 777 g/mol. The minimum absolute atomic E-state index is 0. The number of nitrogens with zero attached hydrogens (tertiary/aromatic N) is 2. The van der Waals surface area contributed by atoms with Crippen LogP contribution in [-0.2, 0) is 26.5 Å². The van der Waals surface area contributed by atoms with Crippen molar-refractivity contribution in [3.63, 3.8) is 0 Å². The van der Waals surface area contributed by atoms with Gasteiger partial charge in [0, 0.05) is 61.2 Å². The van der Waals surface area contributed by atoms with Crippen molar-refractivity contribution in [1.82, 2.24) is 9.97 Å². The molecule has 0 spiro atoms. The zero-order valence-corrected chi connectivity index (χ0v) is 28.7. The summed E-state index contributed by atoms with van der Waals surface area (Å²) in [6.07, 6.45) is 4.01. The molecule has 1 radical (unpaired) electrons. The van der Waals surface area contributed by atoms with Gasteiger partial charge in [-0.25, -0.2) is 0 Å². The van der Waals surface area contributed by atoms with Crippen LogP contribution in [0, 0.1) is 52.3 Å². The number of aromatic nitrogens is 2.